The van der Waals surface area contributed by atoms with Crippen LogP contribution in [0.3, 0.4) is 0 Å². The quantitative estimate of drug-likeness (QED) is 0.790. The maximum absolute atomic E-state index is 12.7. The Hall–Kier alpha value is -3.00. The highest BCUT2D eigenvalue weighted by atomic mass is 16.4. The van der Waals surface area contributed by atoms with Gasteiger partial charge in [0, 0.05) is 24.1 Å². The Kier molecular flexibility index (Phi) is 3.61. The second kappa shape index (κ2) is 5.82. The van der Waals surface area contributed by atoms with Gasteiger partial charge in [-0.05, 0) is 18.1 Å². The first kappa shape index (κ1) is 15.5. The van der Waals surface area contributed by atoms with Gasteiger partial charge in [0.1, 0.15) is 12.6 Å². The molecule has 1 atom stereocenters. The van der Waals surface area contributed by atoms with Crippen LogP contribution in [0, 0.1) is 0 Å². The first-order valence-electron chi connectivity index (χ1n) is 7.91. The van der Waals surface area contributed by atoms with Crippen molar-refractivity contribution in [2.24, 2.45) is 0 Å². The van der Waals surface area contributed by atoms with Crippen LogP contribution in [-0.4, -0.2) is 38.8 Å². The fourth-order valence-electron chi connectivity index (χ4n) is 3.32. The summed E-state index contributed by atoms with van der Waals surface area (Å²) in [5.74, 6) is -0.350. The Balaban J connectivity index is 1.68. The van der Waals surface area contributed by atoms with Gasteiger partial charge in [-0.2, -0.15) is 0 Å². The average molecular weight is 341 g/mol. The maximum Gasteiger partial charge on any atom is 0.255 e. The lowest BCUT2D eigenvalue weighted by Gasteiger charge is -2.29. The Morgan fingerprint density at radius 1 is 1.28 bits per heavy atom. The van der Waals surface area contributed by atoms with Crippen molar-refractivity contribution in [3.05, 3.63) is 41.4 Å². The van der Waals surface area contributed by atoms with Crippen molar-refractivity contribution in [2.75, 3.05) is 0 Å². The van der Waals surface area contributed by atoms with Gasteiger partial charge in [-0.15, -0.1) is 0 Å². The van der Waals surface area contributed by atoms with E-state index in [2.05, 4.69) is 10.3 Å². The molecule has 2 aromatic rings. The molecule has 8 nitrogen and oxygen atoms in total. The number of amides is 3. The van der Waals surface area contributed by atoms with Gasteiger partial charge in [0.05, 0.1) is 6.20 Å². The summed E-state index contributed by atoms with van der Waals surface area (Å²) in [5, 5.41) is 11.4. The second-order valence-corrected chi connectivity index (χ2v) is 6.01. The molecule has 0 saturated carbocycles. The number of benzene rings is 1. The molecule has 2 N–H and O–H groups in total. The zero-order valence-corrected chi connectivity index (χ0v) is 13.2. The fourth-order valence-corrected chi connectivity index (χ4v) is 3.32. The Labute approximate surface area is 142 Å². The molecule has 3 amide bonds. The molecule has 0 radical (unpaired) electrons. The summed E-state index contributed by atoms with van der Waals surface area (Å²) in [7, 11) is 0. The first-order valence-corrected chi connectivity index (χ1v) is 7.91. The van der Waals surface area contributed by atoms with Crippen molar-refractivity contribution in [3.63, 3.8) is 0 Å². The number of hydrogen-bond donors (Lipinski definition) is 2. The number of aliphatic hydroxyl groups excluding tert-OH is 1. The minimum absolute atomic E-state index is 0.193. The van der Waals surface area contributed by atoms with E-state index < -0.39 is 11.9 Å². The lowest BCUT2D eigenvalue weighted by atomic mass is 10.0. The standard InChI is InChI=1S/C17H15N3O5/c21-8-15-18-6-13(25-15)9-2-1-3-10-11(9)7-20(17(10)24)12-4-5-14(22)19-16(12)23/h1-3,6,12,21H,4-5,7-8H2,(H,19,22,23). The molecule has 1 aromatic heterocycles. The molecule has 4 rings (SSSR count). The third kappa shape index (κ3) is 2.51. The zero-order chi connectivity index (χ0) is 17.6. The number of carbonyl (C=O) groups is 3. The molecule has 1 saturated heterocycles. The Bertz CT molecular complexity index is 888. The molecule has 128 valence electrons. The molecule has 1 aromatic carbocycles. The van der Waals surface area contributed by atoms with E-state index in [0.717, 1.165) is 5.56 Å². The molecule has 2 aliphatic rings. The normalized spacial score (nSPS) is 20.0. The van der Waals surface area contributed by atoms with Crippen LogP contribution in [0.15, 0.2) is 28.8 Å². The monoisotopic (exact) mass is 341 g/mol. The van der Waals surface area contributed by atoms with Crippen LogP contribution in [0.1, 0.15) is 34.7 Å². The molecule has 1 fully saturated rings. The fraction of sp³-hybridized carbons (Fsp3) is 0.294. The predicted molar refractivity (Wildman–Crippen MR) is 83.9 cm³/mol. The summed E-state index contributed by atoms with van der Waals surface area (Å²) in [6.45, 7) is -0.0534. The number of imide groups is 1. The van der Waals surface area contributed by atoms with Crippen LogP contribution in [0.5, 0.6) is 0 Å². The lowest BCUT2D eigenvalue weighted by molar-refractivity contribution is -0.136. The van der Waals surface area contributed by atoms with E-state index in [1.54, 1.807) is 12.1 Å². The molecule has 25 heavy (non-hydrogen) atoms. The first-order chi connectivity index (χ1) is 12.1. The Morgan fingerprint density at radius 3 is 2.80 bits per heavy atom. The number of rotatable bonds is 3. The summed E-state index contributed by atoms with van der Waals surface area (Å²) in [5.41, 5.74) is 1.95. The van der Waals surface area contributed by atoms with Gasteiger partial charge in [-0.25, -0.2) is 4.98 Å². The number of nitrogens with one attached hydrogen (secondary N) is 1. The van der Waals surface area contributed by atoms with E-state index in [0.29, 0.717) is 23.3 Å². The number of hydrogen-bond acceptors (Lipinski definition) is 6. The van der Waals surface area contributed by atoms with Gasteiger partial charge in [0.2, 0.25) is 17.7 Å². The summed E-state index contributed by atoms with van der Waals surface area (Å²) in [6.07, 6.45) is 2.03. The van der Waals surface area contributed by atoms with E-state index in [1.807, 2.05) is 6.07 Å². The van der Waals surface area contributed by atoms with Crippen molar-refractivity contribution >= 4 is 17.7 Å². The predicted octanol–water partition coefficient (Wildman–Crippen LogP) is 0.595. The third-order valence-electron chi connectivity index (χ3n) is 4.54. The highest BCUT2D eigenvalue weighted by molar-refractivity contribution is 6.06. The molecular weight excluding hydrogens is 326 g/mol. The molecule has 1 unspecified atom stereocenters. The highest BCUT2D eigenvalue weighted by Gasteiger charge is 2.40. The van der Waals surface area contributed by atoms with Gasteiger partial charge < -0.3 is 14.4 Å². The zero-order valence-electron chi connectivity index (χ0n) is 13.2. The van der Waals surface area contributed by atoms with Crippen molar-refractivity contribution < 1.29 is 23.9 Å². The topological polar surface area (TPSA) is 113 Å². The molecule has 0 aliphatic carbocycles. The van der Waals surface area contributed by atoms with Crippen LogP contribution < -0.4 is 5.32 Å². The molecule has 0 spiro atoms. The van der Waals surface area contributed by atoms with Crippen LogP contribution in [-0.2, 0) is 22.7 Å². The smallest absolute Gasteiger partial charge is 0.255 e. The van der Waals surface area contributed by atoms with Crippen molar-refractivity contribution in [3.8, 4) is 11.3 Å². The number of aliphatic hydroxyl groups is 1. The molecule has 8 heteroatoms. The van der Waals surface area contributed by atoms with Crippen LogP contribution >= 0.6 is 0 Å². The second-order valence-electron chi connectivity index (χ2n) is 6.01. The number of nitrogens with zero attached hydrogens (tertiary/aromatic N) is 2. The molecular formula is C17H15N3O5. The molecule has 2 aliphatic heterocycles. The Morgan fingerprint density at radius 2 is 2.08 bits per heavy atom. The molecule has 3 heterocycles. The van der Waals surface area contributed by atoms with Gasteiger partial charge in [0.25, 0.3) is 5.91 Å². The van der Waals surface area contributed by atoms with Crippen LogP contribution in [0.2, 0.25) is 0 Å². The van der Waals surface area contributed by atoms with Gasteiger partial charge in [-0.1, -0.05) is 12.1 Å². The van der Waals surface area contributed by atoms with Crippen LogP contribution in [0.4, 0.5) is 0 Å². The van der Waals surface area contributed by atoms with Gasteiger partial charge >= 0.3 is 0 Å². The summed E-state index contributed by atoms with van der Waals surface area (Å²) < 4.78 is 5.48. The summed E-state index contributed by atoms with van der Waals surface area (Å²) in [4.78, 5) is 41.6. The number of oxazole rings is 1. The van der Waals surface area contributed by atoms with Crippen molar-refractivity contribution in [1.82, 2.24) is 15.2 Å². The number of aromatic nitrogens is 1. The van der Waals surface area contributed by atoms with Gasteiger partial charge in [0.15, 0.2) is 5.76 Å². The SMILES string of the molecule is O=C1CCC(N2Cc3c(cccc3-c3cnc(CO)o3)C2=O)C(=O)N1. The van der Waals surface area contributed by atoms with E-state index >= 15 is 0 Å². The highest BCUT2D eigenvalue weighted by Crippen LogP contribution is 2.34. The molecule has 0 bridgehead atoms. The number of fused-ring (bicyclic) bond motifs is 1. The minimum atomic E-state index is -0.659. The van der Waals surface area contributed by atoms with E-state index in [1.165, 1.54) is 11.1 Å². The van der Waals surface area contributed by atoms with Crippen LogP contribution in [0.25, 0.3) is 11.3 Å². The summed E-state index contributed by atoms with van der Waals surface area (Å²) >= 11 is 0. The van der Waals surface area contributed by atoms with Crippen molar-refractivity contribution in [1.29, 1.82) is 0 Å². The third-order valence-corrected chi connectivity index (χ3v) is 4.54. The lowest BCUT2D eigenvalue weighted by Crippen LogP contribution is -2.52. The van der Waals surface area contributed by atoms with Crippen molar-refractivity contribution in [2.45, 2.75) is 32.0 Å². The number of carbonyl (C=O) groups excluding carboxylic acids is 3. The summed E-state index contributed by atoms with van der Waals surface area (Å²) in [6, 6.07) is 4.59. The van der Waals surface area contributed by atoms with Gasteiger partial charge in [-0.3, -0.25) is 19.7 Å². The maximum atomic E-state index is 12.7. The average Bonchev–Trinajstić information content (AvgIpc) is 3.20. The minimum Gasteiger partial charge on any atom is -0.438 e. The van der Waals surface area contributed by atoms with E-state index in [9.17, 15) is 14.4 Å². The van der Waals surface area contributed by atoms with E-state index in [4.69, 9.17) is 9.52 Å². The number of piperidine rings is 1. The largest absolute Gasteiger partial charge is 0.438 e. The van der Waals surface area contributed by atoms with E-state index in [-0.39, 0.29) is 37.3 Å².